The molecule has 466 valence electrons. The summed E-state index contributed by atoms with van der Waals surface area (Å²) in [5, 5.41) is 44.2. The zero-order chi connectivity index (χ0) is 57.3. The van der Waals surface area contributed by atoms with E-state index in [4.69, 9.17) is 0 Å². The molecule has 0 aliphatic rings. The zero-order valence-electron chi connectivity index (χ0n) is 53.1. The van der Waals surface area contributed by atoms with Crippen LogP contribution in [-0.2, 0) is 4.79 Å². The van der Waals surface area contributed by atoms with Gasteiger partial charge in [-0.15, -0.1) is 0 Å². The van der Waals surface area contributed by atoms with Gasteiger partial charge in [0.1, 0.15) is 12.2 Å². The molecule has 0 aromatic carbocycles. The SMILES string of the molecule is CCCCCCCCCCC/C=C\C/C=C\CCCCCCCCCCCCCCCCCCC(O)C(=O)NC(CO)C(O)C(O)CCC/C=C/CC/C=C/CCCCCCCCCCCCCCCCCCCCCCCC. The van der Waals surface area contributed by atoms with E-state index >= 15 is 0 Å². The van der Waals surface area contributed by atoms with E-state index < -0.39 is 36.9 Å². The molecular weight excluding hydrogens is 971 g/mol. The van der Waals surface area contributed by atoms with Gasteiger partial charge in [0, 0.05) is 0 Å². The molecule has 0 spiro atoms. The van der Waals surface area contributed by atoms with Gasteiger partial charge in [0.05, 0.1) is 18.8 Å². The lowest BCUT2D eigenvalue weighted by Crippen LogP contribution is -2.53. The first-order valence-corrected chi connectivity index (χ1v) is 35.5. The third-order valence-electron chi connectivity index (χ3n) is 16.7. The second-order valence-corrected chi connectivity index (χ2v) is 24.6. The van der Waals surface area contributed by atoms with E-state index in [0.29, 0.717) is 19.3 Å². The highest BCUT2D eigenvalue weighted by atomic mass is 16.3. The number of unbranched alkanes of at least 4 members (excludes halogenated alkanes) is 49. The molecule has 6 nitrogen and oxygen atoms in total. The lowest BCUT2D eigenvalue weighted by Gasteiger charge is -2.27. The zero-order valence-corrected chi connectivity index (χ0v) is 53.1. The molecule has 0 bridgehead atoms. The standard InChI is InChI=1S/C73H139NO5/c1-3-5-7-9-11-13-15-17-19-21-23-25-27-29-31-33-35-37-39-41-43-45-47-49-51-53-55-57-59-61-63-65-67-71(77)73(79)74-69(68-75)72(78)70(76)66-64-62-60-58-56-54-52-50-48-46-44-42-40-38-36-34-32-30-28-26-24-22-20-18-16-14-12-10-8-6-4-2/h23,25,29,31,50,52,58,60,69-72,75-78H,3-22,24,26-28,30,32-49,51,53-57,59,61-68H2,1-2H3,(H,74,79)/b25-23-,31-29-,52-50+,60-58+. The highest BCUT2D eigenvalue weighted by Gasteiger charge is 2.28. The Kier molecular flexibility index (Phi) is 65.6. The van der Waals surface area contributed by atoms with Crippen molar-refractivity contribution in [3.05, 3.63) is 48.6 Å². The Balaban J connectivity index is 3.60. The van der Waals surface area contributed by atoms with Crippen molar-refractivity contribution < 1.29 is 25.2 Å². The number of hydrogen-bond acceptors (Lipinski definition) is 5. The predicted molar refractivity (Wildman–Crippen MR) is 348 cm³/mol. The van der Waals surface area contributed by atoms with Crippen molar-refractivity contribution in [1.82, 2.24) is 5.32 Å². The molecule has 0 aliphatic carbocycles. The van der Waals surface area contributed by atoms with Crippen LogP contribution >= 0.6 is 0 Å². The Morgan fingerprint density at radius 1 is 0.316 bits per heavy atom. The minimum Gasteiger partial charge on any atom is -0.394 e. The number of amides is 1. The fourth-order valence-electron chi connectivity index (χ4n) is 11.2. The normalized spacial score (nSPS) is 13.7. The van der Waals surface area contributed by atoms with Gasteiger partial charge in [-0.3, -0.25) is 4.79 Å². The summed E-state index contributed by atoms with van der Waals surface area (Å²) >= 11 is 0. The van der Waals surface area contributed by atoms with Crippen LogP contribution in [0.2, 0.25) is 0 Å². The van der Waals surface area contributed by atoms with Crippen molar-refractivity contribution in [1.29, 1.82) is 0 Å². The van der Waals surface area contributed by atoms with Gasteiger partial charge in [-0.1, -0.05) is 345 Å². The number of hydrogen-bond donors (Lipinski definition) is 5. The van der Waals surface area contributed by atoms with Crippen molar-refractivity contribution in [3.8, 4) is 0 Å². The summed E-state index contributed by atoms with van der Waals surface area (Å²) in [6.45, 7) is 4.09. The van der Waals surface area contributed by atoms with E-state index in [1.807, 2.05) is 0 Å². The van der Waals surface area contributed by atoms with Crippen LogP contribution in [0.15, 0.2) is 48.6 Å². The maximum absolute atomic E-state index is 12.7. The van der Waals surface area contributed by atoms with Gasteiger partial charge in [0.25, 0.3) is 0 Å². The molecule has 4 unspecified atom stereocenters. The van der Waals surface area contributed by atoms with Crippen molar-refractivity contribution in [2.45, 2.75) is 404 Å². The van der Waals surface area contributed by atoms with E-state index in [9.17, 15) is 25.2 Å². The molecule has 0 fully saturated rings. The second kappa shape index (κ2) is 67.1. The Morgan fingerprint density at radius 2 is 0.570 bits per heavy atom. The maximum atomic E-state index is 12.7. The minimum atomic E-state index is -1.29. The van der Waals surface area contributed by atoms with Crippen LogP contribution in [0.4, 0.5) is 0 Å². The van der Waals surface area contributed by atoms with Crippen LogP contribution in [0.1, 0.15) is 380 Å². The summed E-state index contributed by atoms with van der Waals surface area (Å²) in [7, 11) is 0. The topological polar surface area (TPSA) is 110 Å². The average molecular weight is 1110 g/mol. The van der Waals surface area contributed by atoms with Gasteiger partial charge in [-0.25, -0.2) is 0 Å². The number of aliphatic hydroxyl groups is 4. The molecule has 6 heteroatoms. The number of nitrogens with one attached hydrogen (secondary N) is 1. The highest BCUT2D eigenvalue weighted by molar-refractivity contribution is 5.80. The summed E-state index contributed by atoms with van der Waals surface area (Å²) in [5.41, 5.74) is 0. The number of aliphatic hydroxyl groups excluding tert-OH is 4. The van der Waals surface area contributed by atoms with Gasteiger partial charge in [0.2, 0.25) is 5.91 Å². The summed E-state index contributed by atoms with van der Waals surface area (Å²) < 4.78 is 0. The summed E-state index contributed by atoms with van der Waals surface area (Å²) in [5.74, 6) is -0.593. The summed E-state index contributed by atoms with van der Waals surface area (Å²) in [6.07, 6.45) is 88.2. The summed E-state index contributed by atoms with van der Waals surface area (Å²) in [4.78, 5) is 12.7. The number of carbonyl (C=O) groups is 1. The van der Waals surface area contributed by atoms with Gasteiger partial charge >= 0.3 is 0 Å². The van der Waals surface area contributed by atoms with Crippen LogP contribution in [0.5, 0.6) is 0 Å². The molecule has 0 heterocycles. The minimum absolute atomic E-state index is 0.360. The van der Waals surface area contributed by atoms with Crippen molar-refractivity contribution >= 4 is 5.91 Å². The lowest BCUT2D eigenvalue weighted by atomic mass is 10.00. The smallest absolute Gasteiger partial charge is 0.249 e. The van der Waals surface area contributed by atoms with Crippen LogP contribution in [-0.4, -0.2) is 57.3 Å². The fourth-order valence-corrected chi connectivity index (χ4v) is 11.2. The van der Waals surface area contributed by atoms with Crippen LogP contribution in [0, 0.1) is 0 Å². The molecule has 0 aromatic rings. The van der Waals surface area contributed by atoms with E-state index in [1.54, 1.807) is 0 Å². The van der Waals surface area contributed by atoms with E-state index in [-0.39, 0.29) is 0 Å². The van der Waals surface area contributed by atoms with Gasteiger partial charge in [0.15, 0.2) is 0 Å². The first-order chi connectivity index (χ1) is 39.0. The van der Waals surface area contributed by atoms with Crippen LogP contribution in [0.3, 0.4) is 0 Å². The molecule has 1 amide bonds. The summed E-state index contributed by atoms with van der Waals surface area (Å²) in [6, 6.07) is -1.01. The number of carbonyl (C=O) groups excluding carboxylic acids is 1. The average Bonchev–Trinajstić information content (AvgIpc) is 3.45. The highest BCUT2D eigenvalue weighted by Crippen LogP contribution is 2.19. The molecule has 0 saturated heterocycles. The monoisotopic (exact) mass is 1110 g/mol. The first kappa shape index (κ1) is 77.3. The number of allylic oxidation sites excluding steroid dienone is 8. The lowest BCUT2D eigenvalue weighted by molar-refractivity contribution is -0.132. The molecular formula is C73H139NO5. The second-order valence-electron chi connectivity index (χ2n) is 24.6. The van der Waals surface area contributed by atoms with Crippen molar-refractivity contribution in [2.24, 2.45) is 0 Å². The van der Waals surface area contributed by atoms with Crippen molar-refractivity contribution in [2.75, 3.05) is 6.61 Å². The van der Waals surface area contributed by atoms with E-state index in [2.05, 4.69) is 67.8 Å². The maximum Gasteiger partial charge on any atom is 0.249 e. The van der Waals surface area contributed by atoms with Crippen LogP contribution in [0.25, 0.3) is 0 Å². The molecule has 0 rings (SSSR count). The quantitative estimate of drug-likeness (QED) is 0.0308. The van der Waals surface area contributed by atoms with Gasteiger partial charge in [-0.05, 0) is 83.5 Å². The third-order valence-corrected chi connectivity index (χ3v) is 16.7. The Labute approximate surface area is 493 Å². The molecule has 79 heavy (non-hydrogen) atoms. The van der Waals surface area contributed by atoms with E-state index in [1.165, 1.54) is 302 Å². The molecule has 5 N–H and O–H groups in total. The van der Waals surface area contributed by atoms with Crippen LogP contribution < -0.4 is 5.32 Å². The largest absolute Gasteiger partial charge is 0.394 e. The predicted octanol–water partition coefficient (Wildman–Crippen LogP) is 22.0. The molecule has 0 aliphatic heterocycles. The molecule has 0 aromatic heterocycles. The fraction of sp³-hybridized carbons (Fsp3) is 0.877. The van der Waals surface area contributed by atoms with Crippen molar-refractivity contribution in [3.63, 3.8) is 0 Å². The van der Waals surface area contributed by atoms with Gasteiger partial charge in [-0.2, -0.15) is 0 Å². The van der Waals surface area contributed by atoms with Gasteiger partial charge < -0.3 is 25.7 Å². The Morgan fingerprint density at radius 3 is 0.873 bits per heavy atom. The molecule has 0 radical (unpaired) electrons. The Bertz CT molecular complexity index is 1290. The van der Waals surface area contributed by atoms with E-state index in [0.717, 1.165) is 44.9 Å². The Hall–Kier alpha value is -1.73. The number of rotatable bonds is 66. The first-order valence-electron chi connectivity index (χ1n) is 35.5. The third kappa shape index (κ3) is 60.7. The molecule has 0 saturated carbocycles. The molecule has 4 atom stereocenters.